The molecule has 5 nitrogen and oxygen atoms in total. The van der Waals surface area contributed by atoms with Crippen molar-refractivity contribution in [3.8, 4) is 0 Å². The summed E-state index contributed by atoms with van der Waals surface area (Å²) in [5.74, 6) is -1.23. The highest BCUT2D eigenvalue weighted by Gasteiger charge is 2.29. The van der Waals surface area contributed by atoms with Crippen molar-refractivity contribution in [2.24, 2.45) is 0 Å². The molecule has 0 unspecified atom stereocenters. The number of anilines is 1. The molecule has 0 radical (unpaired) electrons. The molecule has 1 amide bonds. The van der Waals surface area contributed by atoms with E-state index in [1.165, 1.54) is 42.7 Å². The van der Waals surface area contributed by atoms with Gasteiger partial charge in [-0.1, -0.05) is 6.92 Å². The Kier molecular flexibility index (Phi) is 6.75. The fraction of sp³-hybridized carbons (Fsp3) is 0.333. The van der Waals surface area contributed by atoms with Gasteiger partial charge in [0.2, 0.25) is 0 Å². The zero-order valence-electron chi connectivity index (χ0n) is 14.5. The summed E-state index contributed by atoms with van der Waals surface area (Å²) in [7, 11) is 1.33. The number of likely N-dealkylation sites (N-methyl/N-ethyl adjacent to an activating group) is 1. The fourth-order valence-electron chi connectivity index (χ4n) is 2.91. The normalized spacial score (nSPS) is 13.5. The first-order valence-corrected chi connectivity index (χ1v) is 8.87. The lowest BCUT2D eigenvalue weighted by atomic mass is 10.0. The van der Waals surface area contributed by atoms with E-state index < -0.39 is 11.8 Å². The van der Waals surface area contributed by atoms with E-state index >= 15 is 0 Å². The van der Waals surface area contributed by atoms with Crippen molar-refractivity contribution in [3.05, 3.63) is 51.7 Å². The first-order chi connectivity index (χ1) is 12.0. The Hall–Kier alpha value is -1.96. The summed E-state index contributed by atoms with van der Waals surface area (Å²) < 4.78 is 17.9. The number of methoxy groups -OCH3 is 1. The summed E-state index contributed by atoms with van der Waals surface area (Å²) in [5, 5.41) is 3.28. The van der Waals surface area contributed by atoms with Crippen molar-refractivity contribution in [2.45, 2.75) is 19.9 Å². The quantitative estimate of drug-likeness (QED) is 0.797. The number of thiophene rings is 1. The number of ether oxygens (including phenoxy) is 1. The zero-order valence-corrected chi connectivity index (χ0v) is 16.1. The number of nitrogens with zero attached hydrogens (tertiary/aromatic N) is 1. The second-order valence-corrected chi connectivity index (χ2v) is 6.88. The van der Waals surface area contributed by atoms with Crippen LogP contribution in [0.1, 0.15) is 38.1 Å². The van der Waals surface area contributed by atoms with Crippen LogP contribution in [0, 0.1) is 5.82 Å². The van der Waals surface area contributed by atoms with E-state index in [1.807, 2.05) is 0 Å². The van der Waals surface area contributed by atoms with Gasteiger partial charge in [-0.3, -0.25) is 9.69 Å². The molecule has 1 N–H and O–H groups in total. The molecule has 0 spiro atoms. The first-order valence-electron chi connectivity index (χ1n) is 8.05. The van der Waals surface area contributed by atoms with Crippen molar-refractivity contribution < 1.29 is 18.7 Å². The third-order valence-corrected chi connectivity index (χ3v) is 5.44. The average molecular weight is 399 g/mol. The summed E-state index contributed by atoms with van der Waals surface area (Å²) >= 11 is 1.40. The third kappa shape index (κ3) is 4.06. The van der Waals surface area contributed by atoms with E-state index in [0.29, 0.717) is 16.1 Å². The van der Waals surface area contributed by atoms with Gasteiger partial charge in [-0.2, -0.15) is 0 Å². The lowest BCUT2D eigenvalue weighted by Crippen LogP contribution is -2.29. The standard InChI is InChI=1S/C18H19FN2O3S.ClH/c1-3-21-9-8-13-14(10-21)25-17(15(13)18(23)24-2)20-16(22)11-4-6-12(19)7-5-11;/h4-7H,3,8-10H2,1-2H3,(H,20,22);1H. The molecule has 0 fully saturated rings. The van der Waals surface area contributed by atoms with Gasteiger partial charge >= 0.3 is 5.97 Å². The number of amides is 1. The molecule has 1 aliphatic rings. The van der Waals surface area contributed by atoms with E-state index in [2.05, 4.69) is 17.1 Å². The third-order valence-electron chi connectivity index (χ3n) is 4.31. The number of rotatable bonds is 4. The van der Waals surface area contributed by atoms with Crippen molar-refractivity contribution in [1.82, 2.24) is 4.90 Å². The summed E-state index contributed by atoms with van der Waals surface area (Å²) in [6.07, 6.45) is 0.747. The molecule has 1 aromatic heterocycles. The molecule has 2 aromatic rings. The van der Waals surface area contributed by atoms with Gasteiger partial charge in [0.1, 0.15) is 10.8 Å². The summed E-state index contributed by atoms with van der Waals surface area (Å²) in [6.45, 7) is 4.65. The number of fused-ring (bicyclic) bond motifs is 1. The molecule has 0 saturated heterocycles. The summed E-state index contributed by atoms with van der Waals surface area (Å²) in [5.41, 5.74) is 1.73. The average Bonchev–Trinajstić information content (AvgIpc) is 2.98. The van der Waals surface area contributed by atoms with Gasteiger partial charge in [-0.05, 0) is 42.8 Å². The van der Waals surface area contributed by atoms with Gasteiger partial charge in [0.25, 0.3) is 5.91 Å². The van der Waals surface area contributed by atoms with E-state index in [4.69, 9.17) is 4.74 Å². The van der Waals surface area contributed by atoms with Crippen LogP contribution in [0.15, 0.2) is 24.3 Å². The van der Waals surface area contributed by atoms with Crippen LogP contribution in [0.5, 0.6) is 0 Å². The number of esters is 1. The molecule has 1 aromatic carbocycles. The highest BCUT2D eigenvalue weighted by atomic mass is 35.5. The van der Waals surface area contributed by atoms with E-state index in [0.717, 1.165) is 36.5 Å². The summed E-state index contributed by atoms with van der Waals surface area (Å²) in [4.78, 5) is 28.0. The molecular weight excluding hydrogens is 379 g/mol. The predicted molar refractivity (Wildman–Crippen MR) is 102 cm³/mol. The van der Waals surface area contributed by atoms with Crippen molar-refractivity contribution in [2.75, 3.05) is 25.5 Å². The van der Waals surface area contributed by atoms with Crippen LogP contribution < -0.4 is 5.32 Å². The Morgan fingerprint density at radius 3 is 2.62 bits per heavy atom. The molecule has 0 bridgehead atoms. The van der Waals surface area contributed by atoms with Crippen LogP contribution >= 0.6 is 23.7 Å². The van der Waals surface area contributed by atoms with Crippen LogP contribution in [0.4, 0.5) is 9.39 Å². The molecular formula is C18H20ClFN2O3S. The number of hydrogen-bond acceptors (Lipinski definition) is 5. The highest BCUT2D eigenvalue weighted by molar-refractivity contribution is 7.17. The molecule has 0 saturated carbocycles. The Balaban J connectivity index is 0.00000243. The smallest absolute Gasteiger partial charge is 0.341 e. The van der Waals surface area contributed by atoms with E-state index in [9.17, 15) is 14.0 Å². The maximum atomic E-state index is 13.0. The van der Waals surface area contributed by atoms with Gasteiger partial charge in [0, 0.05) is 23.5 Å². The monoisotopic (exact) mass is 398 g/mol. The van der Waals surface area contributed by atoms with E-state index in [1.54, 1.807) is 0 Å². The highest BCUT2D eigenvalue weighted by Crippen LogP contribution is 2.37. The maximum Gasteiger partial charge on any atom is 0.341 e. The van der Waals surface area contributed by atoms with Gasteiger partial charge in [0.15, 0.2) is 0 Å². The Bertz CT molecular complexity index is 808. The molecule has 0 atom stereocenters. The van der Waals surface area contributed by atoms with Crippen LogP contribution in [0.2, 0.25) is 0 Å². The minimum absolute atomic E-state index is 0. The lowest BCUT2D eigenvalue weighted by molar-refractivity contribution is 0.0600. The number of carbonyl (C=O) groups is 2. The van der Waals surface area contributed by atoms with E-state index in [-0.39, 0.29) is 18.3 Å². The molecule has 140 valence electrons. The van der Waals surface area contributed by atoms with Crippen molar-refractivity contribution in [3.63, 3.8) is 0 Å². The van der Waals surface area contributed by atoms with Crippen LogP contribution in [-0.4, -0.2) is 37.0 Å². The van der Waals surface area contributed by atoms with Gasteiger partial charge < -0.3 is 10.1 Å². The SMILES string of the molecule is CCN1CCc2c(sc(NC(=O)c3ccc(F)cc3)c2C(=O)OC)C1.Cl. The van der Waals surface area contributed by atoms with Crippen LogP contribution in [-0.2, 0) is 17.7 Å². The largest absolute Gasteiger partial charge is 0.465 e. The minimum Gasteiger partial charge on any atom is -0.465 e. The van der Waals surface area contributed by atoms with Gasteiger partial charge in [-0.15, -0.1) is 23.7 Å². The van der Waals surface area contributed by atoms with Crippen molar-refractivity contribution in [1.29, 1.82) is 0 Å². The van der Waals surface area contributed by atoms with Gasteiger partial charge in [-0.25, -0.2) is 9.18 Å². The Labute approximate surface area is 161 Å². The molecule has 2 heterocycles. The topological polar surface area (TPSA) is 58.6 Å². The maximum absolute atomic E-state index is 13.0. The number of halogens is 2. The molecule has 3 rings (SSSR count). The number of hydrogen-bond donors (Lipinski definition) is 1. The van der Waals surface area contributed by atoms with Crippen molar-refractivity contribution >= 4 is 40.6 Å². The zero-order chi connectivity index (χ0) is 18.0. The van der Waals surface area contributed by atoms with Crippen LogP contribution in [0.3, 0.4) is 0 Å². The molecule has 8 heteroatoms. The van der Waals surface area contributed by atoms with Crippen LogP contribution in [0.25, 0.3) is 0 Å². The second kappa shape index (κ2) is 8.62. The molecule has 26 heavy (non-hydrogen) atoms. The Morgan fingerprint density at radius 1 is 1.31 bits per heavy atom. The molecule has 0 aliphatic carbocycles. The number of benzene rings is 1. The fourth-order valence-corrected chi connectivity index (χ4v) is 4.18. The van der Waals surface area contributed by atoms with Gasteiger partial charge in [0.05, 0.1) is 12.7 Å². The first kappa shape index (κ1) is 20.4. The number of nitrogens with one attached hydrogen (secondary N) is 1. The molecule has 1 aliphatic heterocycles. The number of carbonyl (C=O) groups excluding carboxylic acids is 2. The second-order valence-electron chi connectivity index (χ2n) is 5.78. The summed E-state index contributed by atoms with van der Waals surface area (Å²) in [6, 6.07) is 5.28. The minimum atomic E-state index is -0.447. The lowest BCUT2D eigenvalue weighted by Gasteiger charge is -2.25. The predicted octanol–water partition coefficient (Wildman–Crippen LogP) is 3.73. The Morgan fingerprint density at radius 2 is 2.00 bits per heavy atom.